The average Bonchev–Trinajstić information content (AvgIpc) is 2.74. The SMILES string of the molecule is Cc1ccc(CNCc2ccn[nH]2)nc1. The molecule has 4 nitrogen and oxygen atoms in total. The normalized spacial score (nSPS) is 10.5. The van der Waals surface area contributed by atoms with E-state index in [-0.39, 0.29) is 0 Å². The van der Waals surface area contributed by atoms with Gasteiger partial charge in [0.05, 0.1) is 5.69 Å². The Hall–Kier alpha value is -1.68. The lowest BCUT2D eigenvalue weighted by molar-refractivity contribution is 0.665. The van der Waals surface area contributed by atoms with Crippen molar-refractivity contribution >= 4 is 0 Å². The highest BCUT2D eigenvalue weighted by Gasteiger charge is 1.95. The van der Waals surface area contributed by atoms with Gasteiger partial charge >= 0.3 is 0 Å². The zero-order chi connectivity index (χ0) is 10.5. The first-order valence-electron chi connectivity index (χ1n) is 4.95. The largest absolute Gasteiger partial charge is 0.306 e. The fourth-order valence-electron chi connectivity index (χ4n) is 1.31. The molecule has 0 spiro atoms. The first-order valence-corrected chi connectivity index (χ1v) is 4.95. The fraction of sp³-hybridized carbons (Fsp3) is 0.273. The second-order valence-corrected chi connectivity index (χ2v) is 3.51. The molecule has 0 unspecified atom stereocenters. The zero-order valence-electron chi connectivity index (χ0n) is 8.70. The molecule has 0 aliphatic rings. The number of nitrogens with one attached hydrogen (secondary N) is 2. The first-order chi connectivity index (χ1) is 7.34. The van der Waals surface area contributed by atoms with E-state index < -0.39 is 0 Å². The standard InChI is InChI=1S/C11H14N4/c1-9-2-3-10(13-6-9)7-12-8-11-4-5-14-15-11/h2-6,12H,7-8H2,1H3,(H,14,15). The number of aromatic amines is 1. The van der Waals surface area contributed by atoms with Crippen LogP contribution in [0.4, 0.5) is 0 Å². The van der Waals surface area contributed by atoms with E-state index in [2.05, 4.69) is 26.6 Å². The van der Waals surface area contributed by atoms with E-state index in [0.717, 1.165) is 24.5 Å². The van der Waals surface area contributed by atoms with Gasteiger partial charge in [-0.2, -0.15) is 5.10 Å². The van der Waals surface area contributed by atoms with E-state index in [1.54, 1.807) is 6.20 Å². The smallest absolute Gasteiger partial charge is 0.0541 e. The highest BCUT2D eigenvalue weighted by Crippen LogP contribution is 1.98. The molecular formula is C11H14N4. The van der Waals surface area contributed by atoms with Crippen LogP contribution in [0.25, 0.3) is 0 Å². The number of pyridine rings is 1. The molecule has 0 aliphatic heterocycles. The second kappa shape index (κ2) is 4.70. The van der Waals surface area contributed by atoms with Crippen molar-refractivity contribution in [1.82, 2.24) is 20.5 Å². The highest BCUT2D eigenvalue weighted by atomic mass is 15.1. The monoisotopic (exact) mass is 202 g/mol. The van der Waals surface area contributed by atoms with Crippen LogP contribution in [0.1, 0.15) is 17.0 Å². The quantitative estimate of drug-likeness (QED) is 0.788. The molecule has 0 aliphatic carbocycles. The molecule has 0 bridgehead atoms. The minimum Gasteiger partial charge on any atom is -0.306 e. The number of hydrogen-bond acceptors (Lipinski definition) is 3. The highest BCUT2D eigenvalue weighted by molar-refractivity contribution is 5.12. The van der Waals surface area contributed by atoms with Gasteiger partial charge in [0, 0.05) is 31.2 Å². The van der Waals surface area contributed by atoms with E-state index in [0.29, 0.717) is 0 Å². The van der Waals surface area contributed by atoms with E-state index in [4.69, 9.17) is 0 Å². The summed E-state index contributed by atoms with van der Waals surface area (Å²) in [6.07, 6.45) is 3.63. The summed E-state index contributed by atoms with van der Waals surface area (Å²) in [6.45, 7) is 3.60. The van der Waals surface area contributed by atoms with Gasteiger partial charge in [-0.1, -0.05) is 6.07 Å². The lowest BCUT2D eigenvalue weighted by Crippen LogP contribution is -2.13. The minimum atomic E-state index is 0.777. The van der Waals surface area contributed by atoms with Crippen LogP contribution in [0.5, 0.6) is 0 Å². The van der Waals surface area contributed by atoms with Crippen LogP contribution in [0.2, 0.25) is 0 Å². The molecule has 0 saturated heterocycles. The van der Waals surface area contributed by atoms with Crippen molar-refractivity contribution in [1.29, 1.82) is 0 Å². The molecule has 2 rings (SSSR count). The number of hydrogen-bond donors (Lipinski definition) is 2. The third-order valence-corrected chi connectivity index (χ3v) is 2.15. The molecule has 0 atom stereocenters. The summed E-state index contributed by atoms with van der Waals surface area (Å²) in [6, 6.07) is 6.06. The summed E-state index contributed by atoms with van der Waals surface area (Å²) >= 11 is 0. The zero-order valence-corrected chi connectivity index (χ0v) is 8.70. The number of aromatic nitrogens is 3. The Morgan fingerprint density at radius 3 is 2.87 bits per heavy atom. The van der Waals surface area contributed by atoms with Crippen LogP contribution in [0, 0.1) is 6.92 Å². The molecule has 0 radical (unpaired) electrons. The number of aryl methyl sites for hydroxylation is 1. The summed E-state index contributed by atoms with van der Waals surface area (Å²) in [4.78, 5) is 4.31. The van der Waals surface area contributed by atoms with E-state index in [1.807, 2.05) is 25.3 Å². The molecule has 0 aromatic carbocycles. The predicted molar refractivity (Wildman–Crippen MR) is 58.1 cm³/mol. The van der Waals surface area contributed by atoms with E-state index in [9.17, 15) is 0 Å². The molecule has 4 heteroatoms. The minimum absolute atomic E-state index is 0.777. The summed E-state index contributed by atoms with van der Waals surface area (Å²) < 4.78 is 0. The van der Waals surface area contributed by atoms with Crippen LogP contribution in [0.3, 0.4) is 0 Å². The molecular weight excluding hydrogens is 188 g/mol. The molecule has 15 heavy (non-hydrogen) atoms. The Balaban J connectivity index is 1.81. The molecule has 0 amide bonds. The van der Waals surface area contributed by atoms with E-state index >= 15 is 0 Å². The van der Waals surface area contributed by atoms with Crippen molar-refractivity contribution in [2.24, 2.45) is 0 Å². The maximum atomic E-state index is 4.31. The Morgan fingerprint density at radius 1 is 1.27 bits per heavy atom. The molecule has 78 valence electrons. The molecule has 2 aromatic heterocycles. The van der Waals surface area contributed by atoms with Crippen LogP contribution >= 0.6 is 0 Å². The fourth-order valence-corrected chi connectivity index (χ4v) is 1.31. The van der Waals surface area contributed by atoms with Gasteiger partial charge in [-0.05, 0) is 24.6 Å². The number of nitrogens with zero attached hydrogens (tertiary/aromatic N) is 2. The summed E-state index contributed by atoms with van der Waals surface area (Å²) in [7, 11) is 0. The van der Waals surface area contributed by atoms with E-state index in [1.165, 1.54) is 5.56 Å². The summed E-state index contributed by atoms with van der Waals surface area (Å²) in [5, 5.41) is 10.1. The molecule has 0 saturated carbocycles. The van der Waals surface area contributed by atoms with Gasteiger partial charge in [-0.25, -0.2) is 0 Å². The topological polar surface area (TPSA) is 53.6 Å². The summed E-state index contributed by atoms with van der Waals surface area (Å²) in [5.41, 5.74) is 3.33. The Labute approximate surface area is 88.8 Å². The lowest BCUT2D eigenvalue weighted by Gasteiger charge is -2.02. The Morgan fingerprint density at radius 2 is 2.20 bits per heavy atom. The van der Waals surface area contributed by atoms with Crippen molar-refractivity contribution in [3.63, 3.8) is 0 Å². The van der Waals surface area contributed by atoms with Crippen LogP contribution in [0.15, 0.2) is 30.6 Å². The molecule has 2 N–H and O–H groups in total. The van der Waals surface area contributed by atoms with Crippen LogP contribution in [-0.2, 0) is 13.1 Å². The van der Waals surface area contributed by atoms with Gasteiger partial charge in [0.25, 0.3) is 0 Å². The van der Waals surface area contributed by atoms with Gasteiger partial charge in [0.15, 0.2) is 0 Å². The Kier molecular flexibility index (Phi) is 3.09. The third-order valence-electron chi connectivity index (χ3n) is 2.15. The van der Waals surface area contributed by atoms with Crippen molar-refractivity contribution in [2.75, 3.05) is 0 Å². The molecule has 2 aromatic rings. The molecule has 2 heterocycles. The van der Waals surface area contributed by atoms with Crippen molar-refractivity contribution in [3.05, 3.63) is 47.5 Å². The van der Waals surface area contributed by atoms with Gasteiger partial charge in [0.1, 0.15) is 0 Å². The van der Waals surface area contributed by atoms with Crippen molar-refractivity contribution in [2.45, 2.75) is 20.0 Å². The number of rotatable bonds is 4. The van der Waals surface area contributed by atoms with Gasteiger partial charge in [-0.15, -0.1) is 0 Å². The van der Waals surface area contributed by atoms with Crippen molar-refractivity contribution in [3.8, 4) is 0 Å². The van der Waals surface area contributed by atoms with Gasteiger partial charge in [-0.3, -0.25) is 10.1 Å². The third kappa shape index (κ3) is 2.89. The number of H-pyrrole nitrogens is 1. The second-order valence-electron chi connectivity index (χ2n) is 3.51. The lowest BCUT2D eigenvalue weighted by atomic mass is 10.3. The van der Waals surface area contributed by atoms with Gasteiger partial charge < -0.3 is 5.32 Å². The predicted octanol–water partition coefficient (Wildman–Crippen LogP) is 1.40. The van der Waals surface area contributed by atoms with Crippen LogP contribution in [-0.4, -0.2) is 15.2 Å². The maximum absolute atomic E-state index is 4.31. The molecule has 0 fully saturated rings. The summed E-state index contributed by atoms with van der Waals surface area (Å²) in [5.74, 6) is 0. The van der Waals surface area contributed by atoms with Gasteiger partial charge in [0.2, 0.25) is 0 Å². The average molecular weight is 202 g/mol. The van der Waals surface area contributed by atoms with Crippen molar-refractivity contribution < 1.29 is 0 Å². The van der Waals surface area contributed by atoms with Crippen LogP contribution < -0.4 is 5.32 Å². The maximum Gasteiger partial charge on any atom is 0.0541 e. The Bertz CT molecular complexity index is 391. The first kappa shape index (κ1) is 9.86.